The van der Waals surface area contributed by atoms with Crippen LogP contribution in [0.25, 0.3) is 0 Å². The van der Waals surface area contributed by atoms with Gasteiger partial charge in [-0.1, -0.05) is 19.1 Å². The summed E-state index contributed by atoms with van der Waals surface area (Å²) in [4.78, 5) is 11.8. The van der Waals surface area contributed by atoms with Gasteiger partial charge in [-0.15, -0.1) is 0 Å². The van der Waals surface area contributed by atoms with E-state index in [1.165, 1.54) is 0 Å². The third kappa shape index (κ3) is 5.98. The molecule has 0 bridgehead atoms. The average molecular weight is 282 g/mol. The van der Waals surface area contributed by atoms with Crippen molar-refractivity contribution in [1.29, 1.82) is 0 Å². The summed E-state index contributed by atoms with van der Waals surface area (Å²) in [5.41, 5.74) is 6.53. The Balaban J connectivity index is 2.31. The van der Waals surface area contributed by atoms with Gasteiger partial charge >= 0.3 is 0 Å². The SMILES string of the molecule is CCC(N)CSCCC(=O)Nc1ccccc1OC. The van der Waals surface area contributed by atoms with E-state index in [0.717, 1.165) is 17.9 Å². The van der Waals surface area contributed by atoms with Crippen LogP contribution < -0.4 is 15.8 Å². The second kappa shape index (κ2) is 8.82. The molecule has 0 aliphatic rings. The predicted molar refractivity (Wildman–Crippen MR) is 81.8 cm³/mol. The molecule has 1 aromatic rings. The summed E-state index contributed by atoms with van der Waals surface area (Å²) in [7, 11) is 1.59. The zero-order valence-corrected chi connectivity index (χ0v) is 12.3. The van der Waals surface area contributed by atoms with Crippen molar-refractivity contribution in [2.45, 2.75) is 25.8 Å². The summed E-state index contributed by atoms with van der Waals surface area (Å²) in [6, 6.07) is 7.62. The molecule has 5 heteroatoms. The maximum atomic E-state index is 11.8. The number of hydrogen-bond donors (Lipinski definition) is 2. The first-order chi connectivity index (χ1) is 9.17. The second-order valence-corrected chi connectivity index (χ2v) is 5.39. The lowest BCUT2D eigenvalue weighted by Gasteiger charge is -2.10. The molecule has 1 aromatic carbocycles. The number of hydrogen-bond acceptors (Lipinski definition) is 4. The fraction of sp³-hybridized carbons (Fsp3) is 0.500. The monoisotopic (exact) mass is 282 g/mol. The number of methoxy groups -OCH3 is 1. The van der Waals surface area contributed by atoms with Crippen LogP contribution in [0.4, 0.5) is 5.69 Å². The van der Waals surface area contributed by atoms with Gasteiger partial charge in [0.1, 0.15) is 5.75 Å². The number of para-hydroxylation sites is 2. The van der Waals surface area contributed by atoms with Gasteiger partial charge in [-0.05, 0) is 18.6 Å². The Kier molecular flexibility index (Phi) is 7.36. The van der Waals surface area contributed by atoms with Crippen molar-refractivity contribution in [2.24, 2.45) is 5.73 Å². The molecule has 19 heavy (non-hydrogen) atoms. The molecule has 1 atom stereocenters. The van der Waals surface area contributed by atoms with E-state index in [4.69, 9.17) is 10.5 Å². The molecule has 0 aliphatic heterocycles. The van der Waals surface area contributed by atoms with E-state index in [2.05, 4.69) is 12.2 Å². The second-order valence-electron chi connectivity index (χ2n) is 4.24. The summed E-state index contributed by atoms with van der Waals surface area (Å²) in [5, 5.41) is 2.86. The van der Waals surface area contributed by atoms with Crippen LogP contribution in [0, 0.1) is 0 Å². The third-order valence-corrected chi connectivity index (χ3v) is 3.87. The van der Waals surface area contributed by atoms with Gasteiger partial charge in [-0.25, -0.2) is 0 Å². The Morgan fingerprint density at radius 2 is 2.21 bits per heavy atom. The molecule has 4 nitrogen and oxygen atoms in total. The van der Waals surface area contributed by atoms with Gasteiger partial charge < -0.3 is 15.8 Å². The molecule has 1 rings (SSSR count). The Labute approximate surface area is 119 Å². The van der Waals surface area contributed by atoms with E-state index < -0.39 is 0 Å². The number of benzene rings is 1. The smallest absolute Gasteiger partial charge is 0.225 e. The molecular weight excluding hydrogens is 260 g/mol. The van der Waals surface area contributed by atoms with Gasteiger partial charge in [0.2, 0.25) is 5.91 Å². The van der Waals surface area contributed by atoms with Crippen molar-refractivity contribution >= 4 is 23.4 Å². The van der Waals surface area contributed by atoms with E-state index in [-0.39, 0.29) is 11.9 Å². The highest BCUT2D eigenvalue weighted by Crippen LogP contribution is 2.23. The molecule has 3 N–H and O–H groups in total. The molecule has 0 heterocycles. The van der Waals surface area contributed by atoms with Crippen LogP contribution in [0.2, 0.25) is 0 Å². The largest absolute Gasteiger partial charge is 0.495 e. The van der Waals surface area contributed by atoms with Gasteiger partial charge in [0.05, 0.1) is 12.8 Å². The van der Waals surface area contributed by atoms with E-state index in [0.29, 0.717) is 17.9 Å². The summed E-state index contributed by atoms with van der Waals surface area (Å²) >= 11 is 1.72. The van der Waals surface area contributed by atoms with Crippen molar-refractivity contribution in [1.82, 2.24) is 0 Å². The first kappa shape index (κ1) is 15.9. The zero-order valence-electron chi connectivity index (χ0n) is 11.5. The van der Waals surface area contributed by atoms with Gasteiger partial charge in [0.25, 0.3) is 0 Å². The normalized spacial score (nSPS) is 11.9. The van der Waals surface area contributed by atoms with E-state index in [9.17, 15) is 4.79 Å². The lowest BCUT2D eigenvalue weighted by molar-refractivity contribution is -0.115. The highest BCUT2D eigenvalue weighted by molar-refractivity contribution is 7.99. The van der Waals surface area contributed by atoms with Crippen molar-refractivity contribution < 1.29 is 9.53 Å². The third-order valence-electron chi connectivity index (χ3n) is 2.71. The first-order valence-electron chi connectivity index (χ1n) is 6.43. The molecule has 0 spiro atoms. The van der Waals surface area contributed by atoms with E-state index >= 15 is 0 Å². The number of ether oxygens (including phenoxy) is 1. The highest BCUT2D eigenvalue weighted by atomic mass is 32.2. The Hall–Kier alpha value is -1.20. The molecular formula is C14H22N2O2S. The standard InChI is InChI=1S/C14H22N2O2S/c1-3-11(15)10-19-9-8-14(17)16-12-6-4-5-7-13(12)18-2/h4-7,11H,3,8-10,15H2,1-2H3,(H,16,17). The van der Waals surface area contributed by atoms with Crippen LogP contribution in [-0.4, -0.2) is 30.6 Å². The quantitative estimate of drug-likeness (QED) is 0.719. The zero-order chi connectivity index (χ0) is 14.1. The molecule has 0 aromatic heterocycles. The molecule has 0 radical (unpaired) electrons. The number of carbonyl (C=O) groups is 1. The Morgan fingerprint density at radius 3 is 2.89 bits per heavy atom. The Morgan fingerprint density at radius 1 is 1.47 bits per heavy atom. The van der Waals surface area contributed by atoms with Crippen LogP contribution >= 0.6 is 11.8 Å². The van der Waals surface area contributed by atoms with Crippen LogP contribution in [0.3, 0.4) is 0 Å². The first-order valence-corrected chi connectivity index (χ1v) is 7.59. The minimum absolute atomic E-state index is 0.00192. The summed E-state index contributed by atoms with van der Waals surface area (Å²) in [5.74, 6) is 2.37. The molecule has 0 fully saturated rings. The van der Waals surface area contributed by atoms with Crippen LogP contribution in [0.5, 0.6) is 5.75 Å². The fourth-order valence-electron chi connectivity index (χ4n) is 1.48. The lowest BCUT2D eigenvalue weighted by Crippen LogP contribution is -2.22. The molecule has 1 amide bonds. The summed E-state index contributed by atoms with van der Waals surface area (Å²) in [6.07, 6.45) is 1.46. The van der Waals surface area contributed by atoms with Crippen LogP contribution in [0.1, 0.15) is 19.8 Å². The number of nitrogens with two attached hydrogens (primary N) is 1. The van der Waals surface area contributed by atoms with Gasteiger partial charge in [-0.3, -0.25) is 4.79 Å². The van der Waals surface area contributed by atoms with Gasteiger partial charge in [0.15, 0.2) is 0 Å². The minimum Gasteiger partial charge on any atom is -0.495 e. The number of amides is 1. The number of nitrogens with one attached hydrogen (secondary N) is 1. The van der Waals surface area contributed by atoms with Crippen molar-refractivity contribution in [3.63, 3.8) is 0 Å². The number of rotatable bonds is 8. The summed E-state index contributed by atoms with van der Waals surface area (Å²) in [6.45, 7) is 2.07. The average Bonchev–Trinajstić information content (AvgIpc) is 2.43. The van der Waals surface area contributed by atoms with Crippen molar-refractivity contribution in [2.75, 3.05) is 23.9 Å². The number of anilines is 1. The van der Waals surface area contributed by atoms with E-state index in [1.54, 1.807) is 18.9 Å². The maximum Gasteiger partial charge on any atom is 0.225 e. The van der Waals surface area contributed by atoms with Crippen molar-refractivity contribution in [3.05, 3.63) is 24.3 Å². The molecule has 0 saturated carbocycles. The Bertz CT molecular complexity index is 399. The van der Waals surface area contributed by atoms with Gasteiger partial charge in [-0.2, -0.15) is 11.8 Å². The topological polar surface area (TPSA) is 64.4 Å². The molecule has 0 saturated heterocycles. The van der Waals surface area contributed by atoms with E-state index in [1.807, 2.05) is 24.3 Å². The van der Waals surface area contributed by atoms with Crippen molar-refractivity contribution in [3.8, 4) is 5.75 Å². The maximum absolute atomic E-state index is 11.8. The lowest BCUT2D eigenvalue weighted by atomic mass is 10.3. The molecule has 106 valence electrons. The van der Waals surface area contributed by atoms with Gasteiger partial charge in [0, 0.05) is 24.0 Å². The molecule has 0 aliphatic carbocycles. The number of thioether (sulfide) groups is 1. The summed E-state index contributed by atoms with van der Waals surface area (Å²) < 4.78 is 5.18. The van der Waals surface area contributed by atoms with Crippen LogP contribution in [0.15, 0.2) is 24.3 Å². The predicted octanol–water partition coefficient (Wildman–Crippen LogP) is 2.49. The van der Waals surface area contributed by atoms with Crippen LogP contribution in [-0.2, 0) is 4.79 Å². The fourth-order valence-corrected chi connectivity index (χ4v) is 2.51. The minimum atomic E-state index is 0.00192. The number of carbonyl (C=O) groups excluding carboxylic acids is 1. The highest BCUT2D eigenvalue weighted by Gasteiger charge is 2.07. The molecule has 1 unspecified atom stereocenters.